The van der Waals surface area contributed by atoms with Crippen molar-refractivity contribution >= 4 is 21.7 Å². The zero-order valence-corrected chi connectivity index (χ0v) is 13.6. The zero-order valence-electron chi connectivity index (χ0n) is 12.8. The van der Waals surface area contributed by atoms with E-state index < -0.39 is 16.0 Å². The maximum atomic E-state index is 13.0. The molecule has 0 saturated carbocycles. The Morgan fingerprint density at radius 1 is 1.25 bits per heavy atom. The van der Waals surface area contributed by atoms with E-state index in [1.54, 1.807) is 13.0 Å². The summed E-state index contributed by atoms with van der Waals surface area (Å²) in [4.78, 5) is 11.1. The number of hydrogen-bond acceptors (Lipinski definition) is 5. The van der Waals surface area contributed by atoms with Crippen LogP contribution >= 0.6 is 0 Å². The first-order valence-corrected chi connectivity index (χ1v) is 8.58. The lowest BCUT2D eigenvalue weighted by atomic mass is 10.1. The number of phenolic OH excluding ortho intramolecular Hbond substituents is 1. The van der Waals surface area contributed by atoms with Gasteiger partial charge in [-0.2, -0.15) is 0 Å². The van der Waals surface area contributed by atoms with Crippen LogP contribution in [0, 0.1) is 6.92 Å². The lowest BCUT2D eigenvalue weighted by Gasteiger charge is -2.31. The standard InChI is InChI=1S/C16H15NO6S/c1-10-5-6-13(18)14(9-10)24(21,22)17-7-8-23-15-11(16(19)20)3-2-4-12(15)17/h2-6,9,18H,7-8H2,1H3,(H,19,20). The summed E-state index contributed by atoms with van der Waals surface area (Å²) in [6.07, 6.45) is 0. The topological polar surface area (TPSA) is 104 Å². The average molecular weight is 349 g/mol. The van der Waals surface area contributed by atoms with Gasteiger partial charge < -0.3 is 14.9 Å². The van der Waals surface area contributed by atoms with E-state index in [9.17, 15) is 23.4 Å². The summed E-state index contributed by atoms with van der Waals surface area (Å²) in [5, 5.41) is 19.2. The van der Waals surface area contributed by atoms with Crippen LogP contribution in [-0.4, -0.2) is 37.8 Å². The van der Waals surface area contributed by atoms with E-state index in [0.717, 1.165) is 4.31 Å². The fourth-order valence-electron chi connectivity index (χ4n) is 2.59. The monoisotopic (exact) mass is 349 g/mol. The molecule has 0 aromatic heterocycles. The van der Waals surface area contributed by atoms with Gasteiger partial charge in [-0.15, -0.1) is 0 Å². The highest BCUT2D eigenvalue weighted by Gasteiger charge is 2.33. The van der Waals surface area contributed by atoms with Crippen molar-refractivity contribution in [3.8, 4) is 11.5 Å². The molecule has 0 saturated heterocycles. The first-order valence-electron chi connectivity index (χ1n) is 7.14. The Labute approximate surface area is 138 Å². The number of para-hydroxylation sites is 1. The van der Waals surface area contributed by atoms with Gasteiger partial charge in [0.1, 0.15) is 22.8 Å². The van der Waals surface area contributed by atoms with Crippen molar-refractivity contribution in [1.82, 2.24) is 0 Å². The number of phenols is 1. The second-order valence-electron chi connectivity index (χ2n) is 5.36. The number of hydrogen-bond donors (Lipinski definition) is 2. The molecule has 2 aromatic carbocycles. The molecule has 3 rings (SSSR count). The number of aryl methyl sites for hydroxylation is 1. The molecule has 0 aliphatic carbocycles. The van der Waals surface area contributed by atoms with E-state index in [1.165, 1.54) is 30.3 Å². The summed E-state index contributed by atoms with van der Waals surface area (Å²) in [6, 6.07) is 8.57. The molecule has 1 aliphatic heterocycles. The summed E-state index contributed by atoms with van der Waals surface area (Å²) >= 11 is 0. The van der Waals surface area contributed by atoms with E-state index in [4.69, 9.17) is 4.74 Å². The molecule has 126 valence electrons. The number of aromatic hydroxyl groups is 1. The number of carboxylic acids is 1. The third-order valence-corrected chi connectivity index (χ3v) is 5.56. The van der Waals surface area contributed by atoms with Crippen LogP contribution in [0.3, 0.4) is 0 Å². The number of anilines is 1. The molecular weight excluding hydrogens is 334 g/mol. The number of carboxylic acid groups (broad SMARTS) is 1. The van der Waals surface area contributed by atoms with Crippen molar-refractivity contribution in [2.24, 2.45) is 0 Å². The number of nitrogens with zero attached hydrogens (tertiary/aromatic N) is 1. The van der Waals surface area contributed by atoms with Crippen molar-refractivity contribution in [1.29, 1.82) is 0 Å². The number of benzene rings is 2. The van der Waals surface area contributed by atoms with E-state index in [-0.39, 0.29) is 40.8 Å². The number of fused-ring (bicyclic) bond motifs is 1. The Bertz CT molecular complexity index is 922. The summed E-state index contributed by atoms with van der Waals surface area (Å²) in [5.41, 5.74) is 0.710. The van der Waals surface area contributed by atoms with Gasteiger partial charge in [0.2, 0.25) is 0 Å². The van der Waals surface area contributed by atoms with Crippen molar-refractivity contribution < 1.29 is 28.2 Å². The second-order valence-corrected chi connectivity index (χ2v) is 7.19. The molecule has 0 amide bonds. The molecule has 7 nitrogen and oxygen atoms in total. The first-order chi connectivity index (χ1) is 11.3. The van der Waals surface area contributed by atoms with Crippen LogP contribution in [0.1, 0.15) is 15.9 Å². The Balaban J connectivity index is 2.17. The highest BCUT2D eigenvalue weighted by Crippen LogP contribution is 2.39. The maximum absolute atomic E-state index is 13.0. The van der Waals surface area contributed by atoms with Gasteiger partial charge in [0.05, 0.1) is 12.2 Å². The lowest BCUT2D eigenvalue weighted by molar-refractivity contribution is 0.0692. The third kappa shape index (κ3) is 2.54. The summed E-state index contributed by atoms with van der Waals surface area (Å²) in [6.45, 7) is 1.75. The van der Waals surface area contributed by atoms with Crippen LogP contribution in [0.5, 0.6) is 11.5 Å². The predicted molar refractivity (Wildman–Crippen MR) is 86.3 cm³/mol. The van der Waals surface area contributed by atoms with Gasteiger partial charge >= 0.3 is 5.97 Å². The molecule has 24 heavy (non-hydrogen) atoms. The number of carbonyl (C=O) groups is 1. The molecule has 2 aromatic rings. The van der Waals surface area contributed by atoms with Crippen LogP contribution in [0.15, 0.2) is 41.3 Å². The smallest absolute Gasteiger partial charge is 0.339 e. The second kappa shape index (κ2) is 5.72. The Hall–Kier alpha value is -2.74. The fraction of sp³-hybridized carbons (Fsp3) is 0.188. The average Bonchev–Trinajstić information content (AvgIpc) is 2.55. The van der Waals surface area contributed by atoms with Crippen LogP contribution < -0.4 is 9.04 Å². The minimum Gasteiger partial charge on any atom is -0.507 e. The highest BCUT2D eigenvalue weighted by molar-refractivity contribution is 7.93. The summed E-state index contributed by atoms with van der Waals surface area (Å²) in [7, 11) is -4.06. The van der Waals surface area contributed by atoms with Gasteiger partial charge in [0.25, 0.3) is 10.0 Å². The minimum atomic E-state index is -4.06. The number of rotatable bonds is 3. The Morgan fingerprint density at radius 2 is 2.00 bits per heavy atom. The number of ether oxygens (including phenoxy) is 1. The first kappa shape index (κ1) is 16.1. The molecule has 0 radical (unpaired) electrons. The molecule has 1 aliphatic rings. The maximum Gasteiger partial charge on any atom is 0.339 e. The Morgan fingerprint density at radius 3 is 2.71 bits per heavy atom. The largest absolute Gasteiger partial charge is 0.507 e. The molecular formula is C16H15NO6S. The van der Waals surface area contributed by atoms with Gasteiger partial charge in [-0.05, 0) is 36.8 Å². The molecule has 0 spiro atoms. The molecule has 0 fully saturated rings. The summed E-state index contributed by atoms with van der Waals surface area (Å²) < 4.78 is 32.4. The van der Waals surface area contributed by atoms with Crippen LogP contribution in [0.4, 0.5) is 5.69 Å². The fourth-order valence-corrected chi connectivity index (χ4v) is 4.21. The highest BCUT2D eigenvalue weighted by atomic mass is 32.2. The number of sulfonamides is 1. The molecule has 1 heterocycles. The normalized spacial score (nSPS) is 14.0. The van der Waals surface area contributed by atoms with Crippen LogP contribution in [0.25, 0.3) is 0 Å². The van der Waals surface area contributed by atoms with Crippen LogP contribution in [0.2, 0.25) is 0 Å². The predicted octanol–water partition coefficient (Wildman–Crippen LogP) is 1.99. The lowest BCUT2D eigenvalue weighted by Crippen LogP contribution is -2.38. The van der Waals surface area contributed by atoms with E-state index in [2.05, 4.69) is 0 Å². The van der Waals surface area contributed by atoms with Gasteiger partial charge in [0, 0.05) is 0 Å². The third-order valence-electron chi connectivity index (χ3n) is 3.72. The minimum absolute atomic E-state index is 0.00645. The van der Waals surface area contributed by atoms with Gasteiger partial charge in [-0.25, -0.2) is 13.2 Å². The van der Waals surface area contributed by atoms with Gasteiger partial charge in [-0.3, -0.25) is 4.31 Å². The van der Waals surface area contributed by atoms with Crippen molar-refractivity contribution in [3.63, 3.8) is 0 Å². The SMILES string of the molecule is Cc1ccc(O)c(S(=O)(=O)N2CCOc3c(C(=O)O)cccc32)c1. The zero-order chi connectivity index (χ0) is 17.5. The number of aromatic carboxylic acids is 1. The van der Waals surface area contributed by atoms with Gasteiger partial charge in [-0.1, -0.05) is 12.1 Å². The van der Waals surface area contributed by atoms with Crippen molar-refractivity contribution in [3.05, 3.63) is 47.5 Å². The molecule has 0 atom stereocenters. The molecule has 0 bridgehead atoms. The van der Waals surface area contributed by atoms with Crippen LogP contribution in [-0.2, 0) is 10.0 Å². The van der Waals surface area contributed by atoms with Crippen molar-refractivity contribution in [2.45, 2.75) is 11.8 Å². The quantitative estimate of drug-likeness (QED) is 0.878. The van der Waals surface area contributed by atoms with E-state index in [1.807, 2.05) is 0 Å². The molecule has 2 N–H and O–H groups in total. The van der Waals surface area contributed by atoms with E-state index in [0.29, 0.717) is 5.56 Å². The summed E-state index contributed by atoms with van der Waals surface area (Å²) in [5.74, 6) is -1.56. The molecule has 8 heteroatoms. The molecule has 0 unspecified atom stereocenters. The van der Waals surface area contributed by atoms with Gasteiger partial charge in [0.15, 0.2) is 5.75 Å². The van der Waals surface area contributed by atoms with E-state index >= 15 is 0 Å². The Kier molecular flexibility index (Phi) is 3.84. The van der Waals surface area contributed by atoms with Crippen molar-refractivity contribution in [2.75, 3.05) is 17.5 Å².